The number of nitrogens with zero attached hydrogens (tertiary/aromatic N) is 1. The number of hydrogen-bond donors (Lipinski definition) is 1. The lowest BCUT2D eigenvalue weighted by Crippen LogP contribution is -1.85. The Morgan fingerprint density at radius 1 is 1.00 bits per heavy atom. The van der Waals surface area contributed by atoms with Crippen LogP contribution in [0.15, 0.2) is 0 Å². The normalized spacial score (nSPS) is 14.6. The molecule has 1 N–H and O–H groups in total. The number of hydrogen-bond acceptors (Lipinski definition) is 3. The van der Waals surface area contributed by atoms with Crippen molar-refractivity contribution in [1.29, 1.82) is 0 Å². The third-order valence-electron chi connectivity index (χ3n) is 1.50. The first-order valence-electron chi connectivity index (χ1n) is 4.26. The van der Waals surface area contributed by atoms with Crippen molar-refractivity contribution in [3.8, 4) is 0 Å². The van der Waals surface area contributed by atoms with Crippen molar-refractivity contribution in [3.63, 3.8) is 0 Å². The summed E-state index contributed by atoms with van der Waals surface area (Å²) in [5.41, 5.74) is 0. The lowest BCUT2D eigenvalue weighted by atomic mass is 10.0. The summed E-state index contributed by atoms with van der Waals surface area (Å²) in [6.07, 6.45) is 9.00. The van der Waals surface area contributed by atoms with E-state index in [-0.39, 0.29) is 0 Å². The highest BCUT2D eigenvalue weighted by molar-refractivity contribution is 4.51. The highest BCUT2D eigenvalue weighted by Crippen LogP contribution is 2.15. The maximum atomic E-state index is 8.81. The number of aliphatic hydroxyl groups excluding tert-OH is 1. The van der Waals surface area contributed by atoms with Crippen LogP contribution in [0.3, 0.4) is 0 Å². The van der Waals surface area contributed by atoms with E-state index in [2.05, 4.69) is 0 Å². The standard InChI is InChI=1S/C6H12.CH3NO2.CH4O/c1-2-4-6-5-3-1;1-2(3)4;1-2/h1-6H2;1H3;2H,1H3. The van der Waals surface area contributed by atoms with Crippen LogP contribution in [0.2, 0.25) is 0 Å². The molecule has 1 aliphatic carbocycles. The number of nitro groups is 1. The Balaban J connectivity index is 0. The van der Waals surface area contributed by atoms with Crippen molar-refractivity contribution in [3.05, 3.63) is 10.1 Å². The van der Waals surface area contributed by atoms with Crippen LogP contribution in [0.5, 0.6) is 0 Å². The predicted molar refractivity (Wildman–Crippen MR) is 48.8 cm³/mol. The largest absolute Gasteiger partial charge is 0.400 e. The molecular weight excluding hydrogens is 158 g/mol. The molecule has 0 atom stereocenters. The van der Waals surface area contributed by atoms with Gasteiger partial charge in [-0.25, -0.2) is 0 Å². The Morgan fingerprint density at radius 2 is 1.08 bits per heavy atom. The molecule has 0 heterocycles. The molecular formula is C8H19NO3. The first kappa shape index (κ1) is 13.9. The van der Waals surface area contributed by atoms with E-state index in [0.717, 1.165) is 14.2 Å². The molecule has 0 aromatic heterocycles. The molecule has 12 heavy (non-hydrogen) atoms. The summed E-state index contributed by atoms with van der Waals surface area (Å²) >= 11 is 0. The van der Waals surface area contributed by atoms with Crippen LogP contribution < -0.4 is 0 Å². The Labute approximate surface area is 73.7 Å². The van der Waals surface area contributed by atoms with Crippen LogP contribution in [0.4, 0.5) is 0 Å². The third-order valence-corrected chi connectivity index (χ3v) is 1.50. The molecule has 74 valence electrons. The third kappa shape index (κ3) is 22.8. The van der Waals surface area contributed by atoms with E-state index in [9.17, 15) is 0 Å². The van der Waals surface area contributed by atoms with E-state index in [1.54, 1.807) is 0 Å². The zero-order valence-corrected chi connectivity index (χ0v) is 7.95. The highest BCUT2D eigenvalue weighted by Gasteiger charge is 1.95. The van der Waals surface area contributed by atoms with Gasteiger partial charge in [-0.2, -0.15) is 0 Å². The first-order chi connectivity index (χ1) is 5.73. The molecule has 1 fully saturated rings. The van der Waals surface area contributed by atoms with Gasteiger partial charge in [0.15, 0.2) is 7.05 Å². The quantitative estimate of drug-likeness (QED) is 0.453. The molecule has 0 aromatic carbocycles. The number of rotatable bonds is 0. The average Bonchev–Trinajstić information content (AvgIpc) is 2.10. The Kier molecular flexibility index (Phi) is 15.1. The van der Waals surface area contributed by atoms with Crippen LogP contribution in [0.25, 0.3) is 0 Å². The Morgan fingerprint density at radius 3 is 1.17 bits per heavy atom. The summed E-state index contributed by atoms with van der Waals surface area (Å²) in [4.78, 5) is 8.31. The molecule has 0 aromatic rings. The fraction of sp³-hybridized carbons (Fsp3) is 1.00. The molecule has 0 unspecified atom stereocenters. The van der Waals surface area contributed by atoms with Gasteiger partial charge >= 0.3 is 0 Å². The van der Waals surface area contributed by atoms with E-state index in [1.165, 1.54) is 38.5 Å². The summed E-state index contributed by atoms with van der Waals surface area (Å²) in [6, 6.07) is 0. The van der Waals surface area contributed by atoms with E-state index < -0.39 is 4.92 Å². The van der Waals surface area contributed by atoms with E-state index in [0.29, 0.717) is 0 Å². The van der Waals surface area contributed by atoms with Gasteiger partial charge in [-0.3, -0.25) is 10.1 Å². The lowest BCUT2D eigenvalue weighted by Gasteiger charge is -2.05. The molecule has 1 rings (SSSR count). The van der Waals surface area contributed by atoms with Crippen LogP contribution in [0.1, 0.15) is 38.5 Å². The molecule has 0 aliphatic heterocycles. The second-order valence-corrected chi connectivity index (χ2v) is 2.56. The summed E-state index contributed by atoms with van der Waals surface area (Å²) in [5.74, 6) is 0. The molecule has 0 bridgehead atoms. The Bertz CT molecular complexity index is 76.8. The van der Waals surface area contributed by atoms with Gasteiger partial charge in [-0.1, -0.05) is 38.5 Å². The van der Waals surface area contributed by atoms with Gasteiger partial charge in [0.2, 0.25) is 0 Å². The molecule has 0 radical (unpaired) electrons. The predicted octanol–water partition coefficient (Wildman–Crippen LogP) is 1.84. The molecule has 0 spiro atoms. The van der Waals surface area contributed by atoms with Crippen LogP contribution in [0, 0.1) is 10.1 Å². The van der Waals surface area contributed by atoms with Crippen molar-refractivity contribution in [2.75, 3.05) is 14.2 Å². The molecule has 0 amide bonds. The maximum absolute atomic E-state index is 8.81. The van der Waals surface area contributed by atoms with Crippen LogP contribution in [-0.4, -0.2) is 24.2 Å². The van der Waals surface area contributed by atoms with Gasteiger partial charge in [0, 0.05) is 12.0 Å². The minimum absolute atomic E-state index is 0.500. The minimum Gasteiger partial charge on any atom is -0.400 e. The topological polar surface area (TPSA) is 63.4 Å². The Hall–Kier alpha value is -0.640. The van der Waals surface area contributed by atoms with E-state index >= 15 is 0 Å². The lowest BCUT2D eigenvalue weighted by molar-refractivity contribution is -0.445. The van der Waals surface area contributed by atoms with Gasteiger partial charge in [0.25, 0.3) is 0 Å². The molecule has 1 aliphatic rings. The van der Waals surface area contributed by atoms with Gasteiger partial charge in [-0.05, 0) is 0 Å². The van der Waals surface area contributed by atoms with Gasteiger partial charge in [-0.15, -0.1) is 0 Å². The summed E-state index contributed by atoms with van der Waals surface area (Å²) in [5, 5.41) is 15.8. The van der Waals surface area contributed by atoms with Crippen molar-refractivity contribution < 1.29 is 10.0 Å². The molecule has 0 saturated heterocycles. The van der Waals surface area contributed by atoms with Crippen LogP contribution >= 0.6 is 0 Å². The second kappa shape index (κ2) is 13.0. The first-order valence-corrected chi connectivity index (χ1v) is 4.26. The van der Waals surface area contributed by atoms with Gasteiger partial charge in [0.05, 0.1) is 0 Å². The van der Waals surface area contributed by atoms with Gasteiger partial charge < -0.3 is 5.11 Å². The summed E-state index contributed by atoms with van der Waals surface area (Å²) in [6.45, 7) is 0. The van der Waals surface area contributed by atoms with Crippen molar-refractivity contribution in [2.45, 2.75) is 38.5 Å². The van der Waals surface area contributed by atoms with Crippen LogP contribution in [-0.2, 0) is 0 Å². The summed E-state index contributed by atoms with van der Waals surface area (Å²) in [7, 11) is 1.89. The second-order valence-electron chi connectivity index (χ2n) is 2.56. The number of aliphatic hydroxyl groups is 1. The maximum Gasteiger partial charge on any atom is 0.194 e. The zero-order chi connectivity index (χ0) is 9.82. The highest BCUT2D eigenvalue weighted by atomic mass is 16.6. The fourth-order valence-electron chi connectivity index (χ4n) is 1.06. The molecule has 4 heteroatoms. The van der Waals surface area contributed by atoms with E-state index in [1.807, 2.05) is 0 Å². The molecule has 1 saturated carbocycles. The van der Waals surface area contributed by atoms with E-state index in [4.69, 9.17) is 15.2 Å². The zero-order valence-electron chi connectivity index (χ0n) is 7.95. The smallest absolute Gasteiger partial charge is 0.194 e. The SMILES string of the molecule is C1CCCCC1.CO.C[N+](=O)[O-]. The monoisotopic (exact) mass is 177 g/mol. The van der Waals surface area contributed by atoms with Crippen molar-refractivity contribution >= 4 is 0 Å². The van der Waals surface area contributed by atoms with Crippen molar-refractivity contribution in [1.82, 2.24) is 0 Å². The molecule has 4 nitrogen and oxygen atoms in total. The average molecular weight is 177 g/mol. The van der Waals surface area contributed by atoms with Crippen molar-refractivity contribution in [2.24, 2.45) is 0 Å². The minimum atomic E-state index is -0.500. The fourth-order valence-corrected chi connectivity index (χ4v) is 1.06. The van der Waals surface area contributed by atoms with Gasteiger partial charge in [0.1, 0.15) is 0 Å². The summed E-state index contributed by atoms with van der Waals surface area (Å²) < 4.78 is 0.